The molecule has 3 aliphatic rings. The number of carbonyl (C=O) groups is 3. The summed E-state index contributed by atoms with van der Waals surface area (Å²) in [6, 6.07) is 9.64. The SMILES string of the molecule is C[C@H]1CN([C@@H](C)CO)C(=O)Cc2cc(NC(=O)NC3CCCCC3)ccc2O[C@H]1CN(C)C(=O)Nc1ccc2c(c1)OCO2. The quantitative estimate of drug-likeness (QED) is 0.369. The molecular formula is C32H43N5O7. The molecule has 2 heterocycles. The van der Waals surface area contributed by atoms with E-state index in [9.17, 15) is 19.5 Å². The number of aliphatic hydroxyl groups excluding tert-OH is 1. The van der Waals surface area contributed by atoms with Crippen LogP contribution < -0.4 is 30.2 Å². The molecule has 4 N–H and O–H groups in total. The number of likely N-dealkylation sites (N-methyl/N-ethyl adjacent to an activating group) is 1. The fourth-order valence-corrected chi connectivity index (χ4v) is 5.87. The molecule has 12 nitrogen and oxygen atoms in total. The molecule has 0 saturated heterocycles. The number of anilines is 2. The first kappa shape index (κ1) is 31.2. The number of urea groups is 2. The maximum atomic E-state index is 13.5. The Morgan fingerprint density at radius 1 is 1.02 bits per heavy atom. The van der Waals surface area contributed by atoms with Crippen molar-refractivity contribution >= 4 is 29.3 Å². The Labute approximate surface area is 258 Å². The molecular weight excluding hydrogens is 566 g/mol. The third-order valence-corrected chi connectivity index (χ3v) is 8.54. The molecule has 0 bridgehead atoms. The maximum absolute atomic E-state index is 13.5. The molecule has 1 fully saturated rings. The molecule has 5 amide bonds. The Kier molecular flexibility index (Phi) is 9.99. The van der Waals surface area contributed by atoms with Crippen LogP contribution in [0, 0.1) is 5.92 Å². The summed E-state index contributed by atoms with van der Waals surface area (Å²) in [6.45, 7) is 4.30. The number of carbonyl (C=O) groups excluding carboxylic acids is 3. The van der Waals surface area contributed by atoms with Gasteiger partial charge in [0.05, 0.1) is 25.6 Å². The predicted octanol–water partition coefficient (Wildman–Crippen LogP) is 4.18. The Morgan fingerprint density at radius 2 is 1.73 bits per heavy atom. The normalized spacial score (nSPS) is 20.7. The van der Waals surface area contributed by atoms with E-state index in [0.29, 0.717) is 40.7 Å². The van der Waals surface area contributed by atoms with Gasteiger partial charge < -0.3 is 45.1 Å². The average Bonchev–Trinajstić information content (AvgIpc) is 3.49. The zero-order valence-corrected chi connectivity index (χ0v) is 25.6. The van der Waals surface area contributed by atoms with Crippen LogP contribution in [0.5, 0.6) is 17.2 Å². The molecule has 3 atom stereocenters. The van der Waals surface area contributed by atoms with E-state index in [1.807, 2.05) is 6.92 Å². The minimum Gasteiger partial charge on any atom is -0.488 e. The van der Waals surface area contributed by atoms with Gasteiger partial charge in [-0.15, -0.1) is 0 Å². The van der Waals surface area contributed by atoms with Gasteiger partial charge in [0.2, 0.25) is 12.7 Å². The molecule has 0 radical (unpaired) electrons. The summed E-state index contributed by atoms with van der Waals surface area (Å²) in [5.74, 6) is 1.37. The third kappa shape index (κ3) is 7.65. The fourth-order valence-electron chi connectivity index (χ4n) is 5.87. The van der Waals surface area contributed by atoms with E-state index in [2.05, 4.69) is 16.0 Å². The van der Waals surface area contributed by atoms with Crippen LogP contribution in [0.4, 0.5) is 21.0 Å². The largest absolute Gasteiger partial charge is 0.488 e. The van der Waals surface area contributed by atoms with Crippen molar-refractivity contribution in [3.8, 4) is 17.2 Å². The van der Waals surface area contributed by atoms with E-state index in [0.717, 1.165) is 25.7 Å². The second kappa shape index (κ2) is 14.1. The van der Waals surface area contributed by atoms with Crippen molar-refractivity contribution in [2.75, 3.05) is 44.2 Å². The van der Waals surface area contributed by atoms with Crippen LogP contribution in [0.25, 0.3) is 0 Å². The molecule has 1 aliphatic carbocycles. The van der Waals surface area contributed by atoms with Crippen LogP contribution in [-0.4, -0.2) is 84.6 Å². The minimum absolute atomic E-state index is 0.0410. The van der Waals surface area contributed by atoms with E-state index in [-0.39, 0.29) is 56.3 Å². The van der Waals surface area contributed by atoms with Crippen molar-refractivity contribution in [1.29, 1.82) is 0 Å². The first-order valence-electron chi connectivity index (χ1n) is 15.4. The van der Waals surface area contributed by atoms with Gasteiger partial charge in [-0.25, -0.2) is 9.59 Å². The zero-order chi connectivity index (χ0) is 31.2. The molecule has 238 valence electrons. The van der Waals surface area contributed by atoms with Gasteiger partial charge in [-0.05, 0) is 50.1 Å². The number of nitrogens with zero attached hydrogens (tertiary/aromatic N) is 2. The van der Waals surface area contributed by atoms with Crippen LogP contribution >= 0.6 is 0 Å². The number of hydrogen-bond acceptors (Lipinski definition) is 7. The van der Waals surface area contributed by atoms with Gasteiger partial charge in [-0.3, -0.25) is 4.79 Å². The number of aliphatic hydroxyl groups is 1. The molecule has 1 saturated carbocycles. The summed E-state index contributed by atoms with van der Waals surface area (Å²) in [5.41, 5.74) is 1.74. The molecule has 44 heavy (non-hydrogen) atoms. The third-order valence-electron chi connectivity index (χ3n) is 8.54. The number of amides is 5. The summed E-state index contributed by atoms with van der Waals surface area (Å²) < 4.78 is 17.3. The van der Waals surface area contributed by atoms with Gasteiger partial charge in [-0.1, -0.05) is 26.2 Å². The number of hydrogen-bond donors (Lipinski definition) is 4. The highest BCUT2D eigenvalue weighted by Crippen LogP contribution is 2.34. The van der Waals surface area contributed by atoms with Crippen LogP contribution in [0.1, 0.15) is 51.5 Å². The number of ether oxygens (including phenoxy) is 3. The molecule has 0 unspecified atom stereocenters. The summed E-state index contributed by atoms with van der Waals surface area (Å²) in [4.78, 5) is 42.6. The monoisotopic (exact) mass is 609 g/mol. The molecule has 0 spiro atoms. The minimum atomic E-state index is -0.478. The Morgan fingerprint density at radius 3 is 2.48 bits per heavy atom. The summed E-state index contributed by atoms with van der Waals surface area (Å²) in [7, 11) is 1.68. The molecule has 2 aliphatic heterocycles. The fraction of sp³-hybridized carbons (Fsp3) is 0.531. The van der Waals surface area contributed by atoms with Gasteiger partial charge in [0.1, 0.15) is 11.9 Å². The Bertz CT molecular complexity index is 1350. The number of nitrogens with one attached hydrogen (secondary N) is 3. The van der Waals surface area contributed by atoms with E-state index in [1.165, 1.54) is 11.3 Å². The summed E-state index contributed by atoms with van der Waals surface area (Å²) >= 11 is 0. The molecule has 0 aromatic heterocycles. The van der Waals surface area contributed by atoms with Gasteiger partial charge >= 0.3 is 12.1 Å². The van der Waals surface area contributed by atoms with Gasteiger partial charge in [-0.2, -0.15) is 0 Å². The van der Waals surface area contributed by atoms with Crippen molar-refractivity contribution in [1.82, 2.24) is 15.1 Å². The predicted molar refractivity (Wildman–Crippen MR) is 165 cm³/mol. The first-order chi connectivity index (χ1) is 21.2. The van der Waals surface area contributed by atoms with Gasteiger partial charge in [0, 0.05) is 48.6 Å². The first-order valence-corrected chi connectivity index (χ1v) is 15.4. The van der Waals surface area contributed by atoms with Crippen molar-refractivity contribution in [2.45, 2.75) is 70.6 Å². The van der Waals surface area contributed by atoms with Crippen LogP contribution in [-0.2, 0) is 11.2 Å². The molecule has 2 aromatic rings. The second-order valence-corrected chi connectivity index (χ2v) is 12.0. The van der Waals surface area contributed by atoms with E-state index >= 15 is 0 Å². The molecule has 12 heteroatoms. The van der Waals surface area contributed by atoms with Crippen LogP contribution in [0.3, 0.4) is 0 Å². The van der Waals surface area contributed by atoms with Gasteiger partial charge in [0.25, 0.3) is 0 Å². The lowest BCUT2D eigenvalue weighted by atomic mass is 9.96. The Balaban J connectivity index is 1.32. The lowest BCUT2D eigenvalue weighted by Crippen LogP contribution is -2.48. The second-order valence-electron chi connectivity index (χ2n) is 12.0. The van der Waals surface area contributed by atoms with Crippen LogP contribution in [0.15, 0.2) is 36.4 Å². The summed E-state index contributed by atoms with van der Waals surface area (Å²) in [6.07, 6.45) is 4.93. The number of fused-ring (bicyclic) bond motifs is 2. The number of benzene rings is 2. The highest BCUT2D eigenvalue weighted by molar-refractivity contribution is 5.90. The van der Waals surface area contributed by atoms with E-state index < -0.39 is 12.1 Å². The van der Waals surface area contributed by atoms with E-state index in [4.69, 9.17) is 14.2 Å². The van der Waals surface area contributed by atoms with Crippen molar-refractivity contribution in [2.24, 2.45) is 5.92 Å². The molecule has 2 aromatic carbocycles. The van der Waals surface area contributed by atoms with Crippen molar-refractivity contribution in [3.63, 3.8) is 0 Å². The van der Waals surface area contributed by atoms with Gasteiger partial charge in [0.15, 0.2) is 11.5 Å². The highest BCUT2D eigenvalue weighted by atomic mass is 16.7. The lowest BCUT2D eigenvalue weighted by molar-refractivity contribution is -0.134. The topological polar surface area (TPSA) is 142 Å². The zero-order valence-electron chi connectivity index (χ0n) is 25.6. The summed E-state index contributed by atoms with van der Waals surface area (Å²) in [5, 5.41) is 18.8. The Hall–Kier alpha value is -4.19. The highest BCUT2D eigenvalue weighted by Gasteiger charge is 2.32. The van der Waals surface area contributed by atoms with Crippen LogP contribution in [0.2, 0.25) is 0 Å². The smallest absolute Gasteiger partial charge is 0.321 e. The molecule has 5 rings (SSSR count). The van der Waals surface area contributed by atoms with E-state index in [1.54, 1.807) is 55.3 Å². The lowest BCUT2D eigenvalue weighted by Gasteiger charge is -2.34. The van der Waals surface area contributed by atoms with Crippen molar-refractivity contribution < 1.29 is 33.7 Å². The average molecular weight is 610 g/mol. The number of rotatable bonds is 7. The standard InChI is InChI=1S/C32H43N5O7/c1-20-16-37(21(2)18-38)30(39)14-22-13-24(34-31(40)33-23-7-5-4-6-8-23)9-11-26(22)44-29(20)17-36(3)32(41)35-25-10-12-27-28(15-25)43-19-42-27/h9-13,15,20-21,23,29,38H,4-8,14,16-19H2,1-3H3,(H,35,41)(H2,33,34,40)/t20-,21-,29-/m0/s1. The van der Waals surface area contributed by atoms with Crippen molar-refractivity contribution in [3.05, 3.63) is 42.0 Å². The maximum Gasteiger partial charge on any atom is 0.321 e.